The van der Waals surface area contributed by atoms with E-state index in [9.17, 15) is 19.3 Å². The molecular weight excluding hydrogens is 325 g/mol. The number of anilines is 2. The fourth-order valence-corrected chi connectivity index (χ4v) is 2.15. The number of rotatable bonds is 4. The summed E-state index contributed by atoms with van der Waals surface area (Å²) in [7, 11) is 3.28. The zero-order chi connectivity index (χ0) is 17.1. The largest absolute Gasteiger partial charge is 0.372 e. The molecule has 0 radical (unpaired) electrons. The van der Waals surface area contributed by atoms with E-state index in [0.29, 0.717) is 5.69 Å². The van der Waals surface area contributed by atoms with Gasteiger partial charge in [-0.3, -0.25) is 14.9 Å². The highest BCUT2D eigenvalue weighted by Gasteiger charge is 2.20. The smallest absolute Gasteiger partial charge is 0.294 e. The van der Waals surface area contributed by atoms with Crippen LogP contribution in [0.3, 0.4) is 0 Å². The van der Waals surface area contributed by atoms with E-state index in [0.717, 1.165) is 12.1 Å². The maximum absolute atomic E-state index is 12.9. The van der Waals surface area contributed by atoms with E-state index in [1.165, 1.54) is 24.3 Å². The van der Waals surface area contributed by atoms with Gasteiger partial charge in [-0.25, -0.2) is 4.39 Å². The predicted molar refractivity (Wildman–Crippen MR) is 86.8 cm³/mol. The monoisotopic (exact) mass is 337 g/mol. The second-order valence-electron chi connectivity index (χ2n) is 4.93. The Kier molecular flexibility index (Phi) is 4.80. The standard InChI is InChI=1S/C15H13ClFN3O3/c1-19(2)13-8-12(11(16)7-14(13)20(22)23)18-15(21)9-3-5-10(17)6-4-9/h3-8H,1-2H3,(H,18,21). The van der Waals surface area contributed by atoms with Gasteiger partial charge in [0.05, 0.1) is 15.6 Å². The molecule has 120 valence electrons. The molecule has 0 spiro atoms. The topological polar surface area (TPSA) is 75.5 Å². The average Bonchev–Trinajstić information content (AvgIpc) is 2.49. The van der Waals surface area contributed by atoms with E-state index in [2.05, 4.69) is 5.32 Å². The van der Waals surface area contributed by atoms with Crippen LogP contribution in [0.1, 0.15) is 10.4 Å². The van der Waals surface area contributed by atoms with E-state index in [1.807, 2.05) is 0 Å². The van der Waals surface area contributed by atoms with E-state index < -0.39 is 16.6 Å². The third-order valence-electron chi connectivity index (χ3n) is 3.10. The van der Waals surface area contributed by atoms with Gasteiger partial charge in [0, 0.05) is 25.7 Å². The number of amides is 1. The first-order chi connectivity index (χ1) is 10.8. The summed E-state index contributed by atoms with van der Waals surface area (Å²) in [4.78, 5) is 24.2. The van der Waals surface area contributed by atoms with Gasteiger partial charge >= 0.3 is 0 Å². The van der Waals surface area contributed by atoms with Crippen molar-refractivity contribution in [2.75, 3.05) is 24.3 Å². The van der Waals surface area contributed by atoms with Crippen LogP contribution in [0.25, 0.3) is 0 Å². The summed E-state index contributed by atoms with van der Waals surface area (Å²) in [6.07, 6.45) is 0. The molecule has 0 aliphatic heterocycles. The van der Waals surface area contributed by atoms with Crippen molar-refractivity contribution < 1.29 is 14.1 Å². The Hall–Kier alpha value is -2.67. The summed E-state index contributed by atoms with van der Waals surface area (Å²) in [5, 5.41) is 13.7. The minimum atomic E-state index is -0.549. The van der Waals surface area contributed by atoms with Crippen molar-refractivity contribution in [3.63, 3.8) is 0 Å². The molecule has 0 bridgehead atoms. The quantitative estimate of drug-likeness (QED) is 0.681. The van der Waals surface area contributed by atoms with Crippen molar-refractivity contribution in [3.8, 4) is 0 Å². The summed E-state index contributed by atoms with van der Waals surface area (Å²) < 4.78 is 12.9. The van der Waals surface area contributed by atoms with Crippen LogP contribution in [0.15, 0.2) is 36.4 Å². The molecule has 0 heterocycles. The minimum absolute atomic E-state index is 0.0396. The number of carbonyl (C=O) groups excluding carboxylic acids is 1. The van der Waals surface area contributed by atoms with Crippen LogP contribution in [-0.2, 0) is 0 Å². The third-order valence-corrected chi connectivity index (χ3v) is 3.41. The first-order valence-electron chi connectivity index (χ1n) is 6.51. The van der Waals surface area contributed by atoms with E-state index in [-0.39, 0.29) is 22.0 Å². The van der Waals surface area contributed by atoms with E-state index >= 15 is 0 Å². The van der Waals surface area contributed by atoms with Crippen LogP contribution in [-0.4, -0.2) is 24.9 Å². The second kappa shape index (κ2) is 6.62. The molecule has 0 fully saturated rings. The van der Waals surface area contributed by atoms with Gasteiger partial charge in [0.1, 0.15) is 11.5 Å². The zero-order valence-electron chi connectivity index (χ0n) is 12.3. The van der Waals surface area contributed by atoms with E-state index in [1.54, 1.807) is 19.0 Å². The number of nitrogens with zero attached hydrogens (tertiary/aromatic N) is 2. The SMILES string of the molecule is CN(C)c1cc(NC(=O)c2ccc(F)cc2)c(Cl)cc1[N+](=O)[O-]. The van der Waals surface area contributed by atoms with Crippen molar-refractivity contribution in [1.29, 1.82) is 0 Å². The molecule has 1 amide bonds. The highest BCUT2D eigenvalue weighted by atomic mass is 35.5. The number of hydrogen-bond donors (Lipinski definition) is 1. The van der Waals surface area contributed by atoms with Crippen LogP contribution < -0.4 is 10.2 Å². The fraction of sp³-hybridized carbons (Fsp3) is 0.133. The minimum Gasteiger partial charge on any atom is -0.372 e. The van der Waals surface area contributed by atoms with Gasteiger partial charge in [-0.05, 0) is 30.3 Å². The Bertz CT molecular complexity index is 763. The number of hydrogen-bond acceptors (Lipinski definition) is 4. The van der Waals surface area contributed by atoms with Crippen molar-refractivity contribution >= 4 is 34.6 Å². The van der Waals surface area contributed by atoms with Crippen molar-refractivity contribution in [3.05, 3.63) is 62.9 Å². The molecule has 1 N–H and O–H groups in total. The summed E-state index contributed by atoms with van der Waals surface area (Å²) in [5.74, 6) is -0.949. The number of benzene rings is 2. The van der Waals surface area contributed by atoms with Gasteiger partial charge in [0.25, 0.3) is 11.6 Å². The van der Waals surface area contributed by atoms with Crippen LogP contribution in [0.4, 0.5) is 21.5 Å². The van der Waals surface area contributed by atoms with Gasteiger partial charge in [-0.2, -0.15) is 0 Å². The molecule has 23 heavy (non-hydrogen) atoms. The highest BCUT2D eigenvalue weighted by molar-refractivity contribution is 6.34. The molecule has 0 aliphatic rings. The first kappa shape index (κ1) is 16.7. The Balaban J connectivity index is 2.36. The molecule has 0 saturated heterocycles. The molecule has 0 aliphatic carbocycles. The summed E-state index contributed by atoms with van der Waals surface area (Å²) >= 11 is 6.01. The molecule has 8 heteroatoms. The fourth-order valence-electron chi connectivity index (χ4n) is 1.95. The number of nitro benzene ring substituents is 1. The molecule has 0 atom stereocenters. The summed E-state index contributed by atoms with van der Waals surface area (Å²) in [6.45, 7) is 0. The summed E-state index contributed by atoms with van der Waals surface area (Å²) in [6, 6.07) is 7.59. The van der Waals surface area contributed by atoms with Crippen molar-refractivity contribution in [1.82, 2.24) is 0 Å². The maximum atomic E-state index is 12.9. The third kappa shape index (κ3) is 3.75. The van der Waals surface area contributed by atoms with E-state index in [4.69, 9.17) is 11.6 Å². The lowest BCUT2D eigenvalue weighted by atomic mass is 10.2. The highest BCUT2D eigenvalue weighted by Crippen LogP contribution is 2.35. The zero-order valence-corrected chi connectivity index (χ0v) is 13.1. The van der Waals surface area contributed by atoms with Crippen LogP contribution in [0.2, 0.25) is 5.02 Å². The van der Waals surface area contributed by atoms with Gasteiger partial charge in [0.2, 0.25) is 0 Å². The molecule has 2 aromatic rings. The van der Waals surface area contributed by atoms with Crippen molar-refractivity contribution in [2.45, 2.75) is 0 Å². The molecule has 0 saturated carbocycles. The first-order valence-corrected chi connectivity index (χ1v) is 6.89. The molecule has 0 aromatic heterocycles. The Labute approximate surface area is 136 Å². The van der Waals surface area contributed by atoms with Crippen molar-refractivity contribution in [2.24, 2.45) is 0 Å². The van der Waals surface area contributed by atoms with Crippen LogP contribution in [0, 0.1) is 15.9 Å². The molecule has 6 nitrogen and oxygen atoms in total. The number of halogens is 2. The molecule has 2 rings (SSSR count). The maximum Gasteiger partial charge on any atom is 0.294 e. The number of carbonyl (C=O) groups is 1. The Morgan fingerprint density at radius 3 is 2.39 bits per heavy atom. The Morgan fingerprint density at radius 1 is 1.26 bits per heavy atom. The van der Waals surface area contributed by atoms with Gasteiger partial charge in [0.15, 0.2) is 0 Å². The second-order valence-corrected chi connectivity index (χ2v) is 5.34. The number of nitrogens with one attached hydrogen (secondary N) is 1. The normalized spacial score (nSPS) is 10.3. The molecule has 0 unspecified atom stereocenters. The van der Waals surface area contributed by atoms with Crippen LogP contribution in [0.5, 0.6) is 0 Å². The molecular formula is C15H13ClFN3O3. The lowest BCUT2D eigenvalue weighted by molar-refractivity contribution is -0.384. The van der Waals surface area contributed by atoms with Crippen LogP contribution >= 0.6 is 11.6 Å². The van der Waals surface area contributed by atoms with Gasteiger partial charge < -0.3 is 10.2 Å². The van der Waals surface area contributed by atoms with Gasteiger partial charge in [-0.15, -0.1) is 0 Å². The lowest BCUT2D eigenvalue weighted by Gasteiger charge is -2.15. The lowest BCUT2D eigenvalue weighted by Crippen LogP contribution is -2.15. The predicted octanol–water partition coefficient (Wildman–Crippen LogP) is 3.71. The summed E-state index contributed by atoms with van der Waals surface area (Å²) in [5.41, 5.74) is 0.608. The average molecular weight is 338 g/mol. The van der Waals surface area contributed by atoms with Gasteiger partial charge in [-0.1, -0.05) is 11.6 Å². The Morgan fingerprint density at radius 2 is 1.87 bits per heavy atom. The molecule has 2 aromatic carbocycles. The number of nitro groups is 1.